The first-order valence-corrected chi connectivity index (χ1v) is 9.98. The molecule has 2 aliphatic heterocycles. The molecule has 3 amide bonds. The van der Waals surface area contributed by atoms with E-state index in [0.29, 0.717) is 21.8 Å². The quantitative estimate of drug-likeness (QED) is 0.558. The Morgan fingerprint density at radius 1 is 1.24 bits per heavy atom. The van der Waals surface area contributed by atoms with Crippen LogP contribution < -0.4 is 20.1 Å². The highest BCUT2D eigenvalue weighted by atomic mass is 19.3. The number of pyridine rings is 1. The number of benzene rings is 1. The number of fused-ring (bicyclic) bond motifs is 1. The number of nitrogens with one attached hydrogen (secondary N) is 2. The van der Waals surface area contributed by atoms with Crippen LogP contribution in [0.1, 0.15) is 24.1 Å². The molecule has 4 rings (SSSR count). The molecule has 3 atom stereocenters. The van der Waals surface area contributed by atoms with Crippen molar-refractivity contribution >= 4 is 23.7 Å². The monoisotopic (exact) mass is 462 g/mol. The molecule has 3 heterocycles. The highest BCUT2D eigenvalue weighted by molar-refractivity contribution is 6.07. The Morgan fingerprint density at radius 3 is 2.67 bits per heavy atom. The molecule has 2 aromatic rings. The van der Waals surface area contributed by atoms with Crippen molar-refractivity contribution in [2.75, 3.05) is 12.4 Å². The third-order valence-electron chi connectivity index (χ3n) is 5.49. The molecule has 10 nitrogen and oxygen atoms in total. The number of nitrogens with zero attached hydrogens (tertiary/aromatic N) is 2. The Hall–Kier alpha value is -3.96. The molecule has 0 saturated carbocycles. The van der Waals surface area contributed by atoms with Crippen LogP contribution in [0.5, 0.6) is 11.5 Å². The van der Waals surface area contributed by atoms with Crippen molar-refractivity contribution in [3.63, 3.8) is 0 Å². The Kier molecular flexibility index (Phi) is 5.52. The number of carboxylic acids is 1. The van der Waals surface area contributed by atoms with Crippen LogP contribution in [-0.2, 0) is 16.0 Å². The molecule has 0 radical (unpaired) electrons. The summed E-state index contributed by atoms with van der Waals surface area (Å²) < 4.78 is 35.2. The van der Waals surface area contributed by atoms with E-state index in [2.05, 4.69) is 25.1 Å². The van der Waals surface area contributed by atoms with Crippen molar-refractivity contribution in [3.8, 4) is 11.5 Å². The largest absolute Gasteiger partial charge is 0.586 e. The number of β-lactam (4-membered cyclic amide) rings is 1. The van der Waals surface area contributed by atoms with E-state index in [4.69, 9.17) is 0 Å². The summed E-state index contributed by atoms with van der Waals surface area (Å²) >= 11 is 0. The van der Waals surface area contributed by atoms with Crippen LogP contribution in [0.2, 0.25) is 0 Å². The molecule has 174 valence electrons. The average molecular weight is 462 g/mol. The van der Waals surface area contributed by atoms with E-state index in [1.165, 1.54) is 24.4 Å². The Labute approximate surface area is 186 Å². The Balaban J connectivity index is 1.44. The van der Waals surface area contributed by atoms with Crippen molar-refractivity contribution in [2.45, 2.75) is 31.7 Å². The molecule has 0 aliphatic carbocycles. The van der Waals surface area contributed by atoms with Crippen molar-refractivity contribution in [3.05, 3.63) is 47.7 Å². The maximum Gasteiger partial charge on any atom is 0.586 e. The number of rotatable bonds is 6. The molecule has 1 fully saturated rings. The maximum atomic E-state index is 13.2. The summed E-state index contributed by atoms with van der Waals surface area (Å²) in [4.78, 5) is 41.9. The summed E-state index contributed by atoms with van der Waals surface area (Å²) in [6.07, 6.45) is -2.11. The number of aromatic nitrogens is 1. The SMILES string of the molecule is CNc1cc(CC2C(=O)N(C(=O)N[C@H](C)c3ccc4c(c3)OC(F)(F)O4)[C@@H]2C(=O)O)ccn1. The van der Waals surface area contributed by atoms with Crippen LogP contribution in [0.15, 0.2) is 36.5 Å². The Bertz CT molecular complexity index is 1130. The van der Waals surface area contributed by atoms with Gasteiger partial charge in [0.15, 0.2) is 17.5 Å². The van der Waals surface area contributed by atoms with Crippen molar-refractivity contribution in [1.82, 2.24) is 15.2 Å². The first-order chi connectivity index (χ1) is 15.6. The second-order valence-electron chi connectivity index (χ2n) is 7.65. The summed E-state index contributed by atoms with van der Waals surface area (Å²) in [5.74, 6) is -2.62. The normalized spacial score (nSPS) is 21.2. The number of anilines is 1. The molecule has 0 bridgehead atoms. The van der Waals surface area contributed by atoms with E-state index in [-0.39, 0.29) is 17.9 Å². The number of ether oxygens (including phenoxy) is 2. The van der Waals surface area contributed by atoms with Gasteiger partial charge in [-0.25, -0.2) is 19.5 Å². The summed E-state index contributed by atoms with van der Waals surface area (Å²) in [5.41, 5.74) is 1.10. The predicted molar refractivity (Wildman–Crippen MR) is 109 cm³/mol. The van der Waals surface area contributed by atoms with Gasteiger partial charge in [0.2, 0.25) is 5.91 Å². The molecule has 3 N–H and O–H groups in total. The number of carbonyl (C=O) groups excluding carboxylic acids is 2. The van der Waals surface area contributed by atoms with Gasteiger partial charge in [0.05, 0.1) is 12.0 Å². The second kappa shape index (κ2) is 8.19. The number of halogens is 2. The smallest absolute Gasteiger partial charge is 0.480 e. The van der Waals surface area contributed by atoms with E-state index in [9.17, 15) is 28.3 Å². The summed E-state index contributed by atoms with van der Waals surface area (Å²) in [6, 6.07) is 4.39. The Morgan fingerprint density at radius 2 is 1.97 bits per heavy atom. The van der Waals surface area contributed by atoms with Gasteiger partial charge in [-0.3, -0.25) is 4.79 Å². The van der Waals surface area contributed by atoms with Gasteiger partial charge in [-0.05, 0) is 48.7 Å². The van der Waals surface area contributed by atoms with Crippen molar-refractivity contribution < 1.29 is 37.7 Å². The summed E-state index contributed by atoms with van der Waals surface area (Å²) in [7, 11) is 1.68. The van der Waals surface area contributed by atoms with Gasteiger partial charge >= 0.3 is 18.3 Å². The number of urea groups is 1. The second-order valence-corrected chi connectivity index (χ2v) is 7.65. The van der Waals surface area contributed by atoms with Gasteiger partial charge in [0, 0.05) is 13.2 Å². The van der Waals surface area contributed by atoms with E-state index in [1.54, 1.807) is 26.1 Å². The minimum Gasteiger partial charge on any atom is -0.480 e. The van der Waals surface area contributed by atoms with E-state index >= 15 is 0 Å². The van der Waals surface area contributed by atoms with Crippen LogP contribution >= 0.6 is 0 Å². The first-order valence-electron chi connectivity index (χ1n) is 9.98. The molecule has 33 heavy (non-hydrogen) atoms. The van der Waals surface area contributed by atoms with Gasteiger partial charge in [-0.2, -0.15) is 0 Å². The van der Waals surface area contributed by atoms with E-state index in [1.807, 2.05) is 0 Å². The van der Waals surface area contributed by atoms with Crippen LogP contribution in [0.4, 0.5) is 19.4 Å². The lowest BCUT2D eigenvalue weighted by Gasteiger charge is -2.43. The van der Waals surface area contributed by atoms with Crippen molar-refractivity contribution in [2.24, 2.45) is 5.92 Å². The highest BCUT2D eigenvalue weighted by Crippen LogP contribution is 2.42. The number of carbonyl (C=O) groups is 3. The average Bonchev–Trinajstić information content (AvgIpc) is 3.07. The molecule has 1 aromatic carbocycles. The lowest BCUT2D eigenvalue weighted by Crippen LogP contribution is -2.68. The molecular formula is C21H20F2N4O6. The summed E-state index contributed by atoms with van der Waals surface area (Å²) in [5, 5.41) is 15.0. The fourth-order valence-electron chi connectivity index (χ4n) is 3.82. The number of amides is 3. The zero-order valence-corrected chi connectivity index (χ0v) is 17.5. The van der Waals surface area contributed by atoms with Gasteiger partial charge in [-0.1, -0.05) is 6.07 Å². The minimum atomic E-state index is -3.77. The standard InChI is InChI=1S/C21H20F2N4O6/c1-10(12-3-4-14-15(9-12)33-21(22,23)32-14)26-20(31)27-17(19(29)30)13(18(27)28)7-11-5-6-25-16(8-11)24-2/h3-6,8-10,13,17H,7H2,1-2H3,(H,24,25)(H,26,31)(H,29,30)/t10-,13?,17+/m1/s1. The van der Waals surface area contributed by atoms with Crippen LogP contribution in [0.25, 0.3) is 0 Å². The fraction of sp³-hybridized carbons (Fsp3) is 0.333. The molecule has 1 aromatic heterocycles. The third kappa shape index (κ3) is 4.23. The molecule has 1 unspecified atom stereocenters. The van der Waals surface area contributed by atoms with Gasteiger partial charge < -0.3 is 25.2 Å². The lowest BCUT2D eigenvalue weighted by atomic mass is 9.82. The molecular weight excluding hydrogens is 442 g/mol. The molecule has 1 saturated heterocycles. The predicted octanol–water partition coefficient (Wildman–Crippen LogP) is 2.37. The number of likely N-dealkylation sites (tertiary alicyclic amines) is 1. The zero-order chi connectivity index (χ0) is 23.9. The summed E-state index contributed by atoms with van der Waals surface area (Å²) in [6.45, 7) is 1.56. The third-order valence-corrected chi connectivity index (χ3v) is 5.49. The van der Waals surface area contributed by atoms with Gasteiger partial charge in [0.25, 0.3) is 0 Å². The van der Waals surface area contributed by atoms with Gasteiger partial charge in [-0.15, -0.1) is 8.78 Å². The van der Waals surface area contributed by atoms with E-state index < -0.39 is 42.2 Å². The van der Waals surface area contributed by atoms with Crippen LogP contribution in [0, 0.1) is 5.92 Å². The fourth-order valence-corrected chi connectivity index (χ4v) is 3.82. The number of aliphatic carboxylic acids is 1. The zero-order valence-electron chi connectivity index (χ0n) is 17.5. The number of imide groups is 1. The van der Waals surface area contributed by atoms with Gasteiger partial charge in [0.1, 0.15) is 5.82 Å². The van der Waals surface area contributed by atoms with Crippen molar-refractivity contribution in [1.29, 1.82) is 0 Å². The number of hydrogen-bond acceptors (Lipinski definition) is 7. The van der Waals surface area contributed by atoms with E-state index in [0.717, 1.165) is 0 Å². The van der Waals surface area contributed by atoms with Crippen LogP contribution in [0.3, 0.4) is 0 Å². The lowest BCUT2D eigenvalue weighted by molar-refractivity contribution is -0.286. The number of alkyl halides is 2. The number of hydrogen-bond donors (Lipinski definition) is 3. The first kappa shape index (κ1) is 22.2. The highest BCUT2D eigenvalue weighted by Gasteiger charge is 2.54. The molecule has 12 heteroatoms. The minimum absolute atomic E-state index is 0.128. The topological polar surface area (TPSA) is 130 Å². The number of carboxylic acid groups (broad SMARTS) is 1. The molecule has 0 spiro atoms. The van der Waals surface area contributed by atoms with Crippen LogP contribution in [-0.4, -0.2) is 52.3 Å². The maximum absolute atomic E-state index is 13.2. The molecule has 2 aliphatic rings.